The average molecular weight is 232 g/mol. The Labute approximate surface area is 100 Å². The predicted octanol–water partition coefficient (Wildman–Crippen LogP) is 2.13. The Morgan fingerprint density at radius 2 is 2.06 bits per heavy atom. The second kappa shape index (κ2) is 4.13. The van der Waals surface area contributed by atoms with Crippen LogP contribution in [0.15, 0.2) is 30.7 Å². The molecule has 4 nitrogen and oxygen atoms in total. The molecule has 1 aromatic carbocycles. The lowest BCUT2D eigenvalue weighted by atomic mass is 9.92. The molecule has 1 unspecified atom stereocenters. The molecule has 0 bridgehead atoms. The van der Waals surface area contributed by atoms with E-state index in [0.717, 1.165) is 16.6 Å². The molecule has 0 fully saturated rings. The largest absolute Gasteiger partial charge is 0.711 e. The second-order valence-corrected chi connectivity index (χ2v) is 4.39. The van der Waals surface area contributed by atoms with Crippen LogP contribution < -0.4 is 4.73 Å². The Balaban J connectivity index is 2.47. The molecule has 0 saturated heterocycles. The van der Waals surface area contributed by atoms with E-state index in [2.05, 4.69) is 0 Å². The van der Waals surface area contributed by atoms with Gasteiger partial charge < -0.3 is 10.4 Å². The van der Waals surface area contributed by atoms with Crippen LogP contribution in [-0.2, 0) is 0 Å². The van der Waals surface area contributed by atoms with Crippen LogP contribution in [0.2, 0.25) is 0 Å². The minimum absolute atomic E-state index is 0.0409. The maximum absolute atomic E-state index is 11.6. The topological polar surface area (TPSA) is 52.1 Å². The molecule has 2 rings (SSSR count). The molecule has 1 aromatic heterocycles. The normalized spacial score (nSPS) is 12.6. The van der Waals surface area contributed by atoms with Gasteiger partial charge in [-0.25, -0.2) is 4.73 Å². The van der Waals surface area contributed by atoms with Crippen LogP contribution in [0.4, 0.5) is 0 Å². The number of nitrogens with zero attached hydrogens (tertiary/aromatic N) is 2. The van der Waals surface area contributed by atoms with Gasteiger partial charge in [0, 0.05) is 5.92 Å². The second-order valence-electron chi connectivity index (χ2n) is 4.39. The van der Waals surface area contributed by atoms with Gasteiger partial charge in [0.25, 0.3) is 6.33 Å². The van der Waals surface area contributed by atoms with Crippen molar-refractivity contribution in [3.63, 3.8) is 0 Å². The van der Waals surface area contributed by atoms with Crippen LogP contribution in [0.25, 0.3) is 0 Å². The van der Waals surface area contributed by atoms with Crippen LogP contribution in [0, 0.1) is 19.1 Å². The van der Waals surface area contributed by atoms with Gasteiger partial charge in [-0.2, -0.15) is 0 Å². The number of aromatic nitrogens is 2. The highest BCUT2D eigenvalue weighted by Gasteiger charge is 2.19. The molecule has 0 amide bonds. The highest BCUT2D eigenvalue weighted by Crippen LogP contribution is 2.26. The average Bonchev–Trinajstić information content (AvgIpc) is 2.61. The van der Waals surface area contributed by atoms with Gasteiger partial charge in [0.15, 0.2) is 11.9 Å². The number of hydrogen-bond acceptors (Lipinski definition) is 2. The molecule has 0 aliphatic rings. The minimum Gasteiger partial charge on any atom is -0.711 e. The molecule has 1 heterocycles. The van der Waals surface area contributed by atoms with E-state index in [-0.39, 0.29) is 5.92 Å². The summed E-state index contributed by atoms with van der Waals surface area (Å²) >= 11 is 0. The third kappa shape index (κ3) is 1.98. The molecule has 90 valence electrons. The van der Waals surface area contributed by atoms with Crippen molar-refractivity contribution < 1.29 is 9.94 Å². The molecule has 0 spiro atoms. The number of hydrogen-bond donors (Lipinski definition) is 1. The van der Waals surface area contributed by atoms with E-state index in [1.807, 2.05) is 39.0 Å². The molecule has 0 saturated carbocycles. The van der Waals surface area contributed by atoms with Crippen molar-refractivity contribution in [1.29, 1.82) is 0 Å². The highest BCUT2D eigenvalue weighted by molar-refractivity contribution is 5.37. The quantitative estimate of drug-likeness (QED) is 0.490. The number of imidazole rings is 1. The van der Waals surface area contributed by atoms with Crippen LogP contribution in [-0.4, -0.2) is 9.94 Å². The fourth-order valence-electron chi connectivity index (χ4n) is 2.10. The summed E-state index contributed by atoms with van der Waals surface area (Å²) < 4.78 is 1.50. The predicted molar refractivity (Wildman–Crippen MR) is 64.0 cm³/mol. The zero-order valence-corrected chi connectivity index (χ0v) is 10.2. The molecule has 1 atom stereocenters. The van der Waals surface area contributed by atoms with Gasteiger partial charge >= 0.3 is 0 Å². The van der Waals surface area contributed by atoms with Gasteiger partial charge in [0.2, 0.25) is 0 Å². The monoisotopic (exact) mass is 232 g/mol. The van der Waals surface area contributed by atoms with E-state index >= 15 is 0 Å². The molecule has 4 heteroatoms. The first-order valence-electron chi connectivity index (χ1n) is 5.57. The van der Waals surface area contributed by atoms with Crippen LogP contribution >= 0.6 is 0 Å². The Morgan fingerprint density at radius 1 is 1.35 bits per heavy atom. The van der Waals surface area contributed by atoms with Crippen LogP contribution in [0.5, 0.6) is 0 Å². The minimum atomic E-state index is -0.0409. The van der Waals surface area contributed by atoms with Crippen molar-refractivity contribution in [2.45, 2.75) is 26.7 Å². The van der Waals surface area contributed by atoms with E-state index in [1.54, 1.807) is 0 Å². The molecular weight excluding hydrogens is 216 g/mol. The molecule has 0 aliphatic carbocycles. The number of rotatable bonds is 2. The van der Waals surface area contributed by atoms with Gasteiger partial charge in [-0.3, -0.25) is 0 Å². The third-order valence-electron chi connectivity index (χ3n) is 3.30. The van der Waals surface area contributed by atoms with Crippen molar-refractivity contribution in [3.05, 3.63) is 58.3 Å². The van der Waals surface area contributed by atoms with Gasteiger partial charge in [0.1, 0.15) is 0 Å². The smallest absolute Gasteiger partial charge is 0.287 e. The molecule has 0 aliphatic heterocycles. The van der Waals surface area contributed by atoms with E-state index in [9.17, 15) is 10.4 Å². The zero-order chi connectivity index (χ0) is 12.6. The summed E-state index contributed by atoms with van der Waals surface area (Å²) in [7, 11) is 0. The summed E-state index contributed by atoms with van der Waals surface area (Å²) in [6.45, 7) is 6.06. The lowest BCUT2D eigenvalue weighted by Crippen LogP contribution is -2.29. The molecule has 0 radical (unpaired) electrons. The maximum atomic E-state index is 11.6. The van der Waals surface area contributed by atoms with E-state index in [1.165, 1.54) is 17.3 Å². The fraction of sp³-hybridized carbons (Fsp3) is 0.308. The highest BCUT2D eigenvalue weighted by atomic mass is 16.5. The van der Waals surface area contributed by atoms with E-state index < -0.39 is 0 Å². The molecule has 2 aromatic rings. The van der Waals surface area contributed by atoms with Gasteiger partial charge in [-0.15, -0.1) is 0 Å². The van der Waals surface area contributed by atoms with Crippen LogP contribution in [0.3, 0.4) is 0 Å². The van der Waals surface area contributed by atoms with Crippen molar-refractivity contribution in [2.75, 3.05) is 0 Å². The fourth-order valence-corrected chi connectivity index (χ4v) is 2.10. The Hall–Kier alpha value is -1.97. The van der Waals surface area contributed by atoms with Gasteiger partial charge in [0.05, 0.1) is 0 Å². The van der Waals surface area contributed by atoms with Gasteiger partial charge in [-0.1, -0.05) is 29.9 Å². The lowest BCUT2D eigenvalue weighted by molar-refractivity contribution is -0.615. The summed E-state index contributed by atoms with van der Waals surface area (Å²) in [5.74, 6) is -0.0409. The van der Waals surface area contributed by atoms with E-state index in [4.69, 9.17) is 0 Å². The maximum Gasteiger partial charge on any atom is 0.287 e. The SMILES string of the molecule is Cc1cccc(C(C)c2cn(O)c[n+]2[O-])c1C. The third-order valence-corrected chi connectivity index (χ3v) is 3.30. The number of aryl methyl sites for hydroxylation is 1. The van der Waals surface area contributed by atoms with E-state index in [0.29, 0.717) is 10.4 Å². The summed E-state index contributed by atoms with van der Waals surface area (Å²) in [5, 5.41) is 20.8. The first-order valence-corrected chi connectivity index (χ1v) is 5.57. The molecular formula is C13H16N2O2. The Bertz CT molecular complexity index is 546. The first-order chi connectivity index (χ1) is 8.00. The van der Waals surface area contributed by atoms with Crippen molar-refractivity contribution in [2.24, 2.45) is 0 Å². The van der Waals surface area contributed by atoms with Gasteiger partial charge in [-0.05, 0) is 30.5 Å². The lowest BCUT2D eigenvalue weighted by Gasteiger charge is -2.15. The zero-order valence-electron chi connectivity index (χ0n) is 10.2. The molecule has 17 heavy (non-hydrogen) atoms. The summed E-state index contributed by atoms with van der Waals surface area (Å²) in [6, 6.07) is 6.05. The summed E-state index contributed by atoms with van der Waals surface area (Å²) in [4.78, 5) is 0. The Morgan fingerprint density at radius 3 is 2.65 bits per heavy atom. The van der Waals surface area contributed by atoms with Crippen molar-refractivity contribution in [3.8, 4) is 0 Å². The standard InChI is InChI=1S/C13H16N2O2/c1-9-5-4-6-12(10(9)2)11(3)13-7-14(16)8-15(13)17/h4-8,11,16H,1-3H3. The summed E-state index contributed by atoms with van der Waals surface area (Å²) in [5.41, 5.74) is 4.04. The van der Waals surface area contributed by atoms with Crippen molar-refractivity contribution >= 4 is 0 Å². The van der Waals surface area contributed by atoms with Crippen LogP contribution in [0.1, 0.15) is 35.2 Å². The first kappa shape index (κ1) is 11.5. The molecule has 1 N–H and O–H groups in total. The summed E-state index contributed by atoms with van der Waals surface area (Å²) in [6.07, 6.45) is 2.55. The Kier molecular flexibility index (Phi) is 2.79. The number of benzene rings is 1. The van der Waals surface area contributed by atoms with Crippen molar-refractivity contribution in [1.82, 2.24) is 4.73 Å².